The highest BCUT2D eigenvalue weighted by Crippen LogP contribution is 2.32. The number of carbonyl (C=O) groups excluding carboxylic acids is 1. The number of aryl methyl sites for hydroxylation is 1. The van der Waals surface area contributed by atoms with E-state index in [2.05, 4.69) is 15.3 Å². The van der Waals surface area contributed by atoms with Gasteiger partial charge in [-0.1, -0.05) is 5.92 Å². The van der Waals surface area contributed by atoms with E-state index < -0.39 is 39.9 Å². The quantitative estimate of drug-likeness (QED) is 0.378. The summed E-state index contributed by atoms with van der Waals surface area (Å²) in [5.74, 6) is 2.29. The number of H-pyrrole nitrogens is 1. The lowest BCUT2D eigenvalue weighted by molar-refractivity contribution is -0.120. The Balaban J connectivity index is 1.87. The third-order valence-corrected chi connectivity index (χ3v) is 6.52. The summed E-state index contributed by atoms with van der Waals surface area (Å²) in [6.07, 6.45) is 5.12. The van der Waals surface area contributed by atoms with Gasteiger partial charge in [-0.15, -0.1) is 10.3 Å². The molecule has 3 heterocycles. The highest BCUT2D eigenvalue weighted by Gasteiger charge is 2.39. The summed E-state index contributed by atoms with van der Waals surface area (Å²) in [6.45, 7) is 1.52. The number of Topliss-reactive ketones (excluding diaryl/α,β-unsaturated/α-hetero) is 1. The topological polar surface area (TPSA) is 123 Å². The van der Waals surface area contributed by atoms with E-state index in [-0.39, 0.29) is 51.3 Å². The average molecular weight is 442 g/mol. The Bertz CT molecular complexity index is 1070. The molecule has 30 heavy (non-hydrogen) atoms. The largest absolute Gasteiger partial charge is 0.366 e. The van der Waals surface area contributed by atoms with Crippen LogP contribution in [0.2, 0.25) is 0 Å². The van der Waals surface area contributed by atoms with Crippen molar-refractivity contribution in [1.82, 2.24) is 13.9 Å². The lowest BCUT2D eigenvalue weighted by atomic mass is 10.1. The van der Waals surface area contributed by atoms with E-state index in [0.717, 1.165) is 4.31 Å². The monoisotopic (exact) mass is 442 g/mol. The fourth-order valence-electron chi connectivity index (χ4n) is 3.38. The minimum atomic E-state index is -4.25. The van der Waals surface area contributed by atoms with Gasteiger partial charge >= 0.3 is 5.69 Å². The molecule has 0 bridgehead atoms. The Labute approximate surface area is 173 Å². The number of ether oxygens (including phenoxy) is 2. The molecule has 2 aliphatic heterocycles. The molecule has 1 N–H and O–H groups in total. The molecule has 2 fully saturated rings. The van der Waals surface area contributed by atoms with E-state index in [1.54, 1.807) is 0 Å². The second-order valence-corrected chi connectivity index (χ2v) is 8.73. The second-order valence-electron chi connectivity index (χ2n) is 7.13. The zero-order valence-corrected chi connectivity index (χ0v) is 17.2. The lowest BCUT2D eigenvalue weighted by Crippen LogP contribution is -2.37. The third-order valence-electron chi connectivity index (χ3n) is 4.99. The van der Waals surface area contributed by atoms with Crippen molar-refractivity contribution < 1.29 is 22.4 Å². The molecular weight excluding hydrogens is 419 g/mol. The predicted octanol–water partition coefficient (Wildman–Crippen LogP) is 0.0833. The number of hydrogen-bond donors (Lipinski definition) is 1. The number of aromatic nitrogens is 2. The first-order chi connectivity index (χ1) is 14.2. The van der Waals surface area contributed by atoms with Crippen molar-refractivity contribution in [2.45, 2.75) is 44.6 Å². The van der Waals surface area contributed by atoms with E-state index in [1.165, 1.54) is 17.7 Å². The summed E-state index contributed by atoms with van der Waals surface area (Å²) in [5.41, 5.74) is -0.906. The lowest BCUT2D eigenvalue weighted by Gasteiger charge is -2.25. The van der Waals surface area contributed by atoms with E-state index in [4.69, 9.17) is 15.9 Å². The van der Waals surface area contributed by atoms with Crippen molar-refractivity contribution in [3.05, 3.63) is 32.6 Å². The van der Waals surface area contributed by atoms with Crippen LogP contribution in [0.25, 0.3) is 0 Å². The molecular formula is C18H23FN4O6S. The molecule has 10 nitrogen and oxygen atoms in total. The Morgan fingerprint density at radius 1 is 1.40 bits per heavy atom. The van der Waals surface area contributed by atoms with Gasteiger partial charge in [0.1, 0.15) is 24.7 Å². The van der Waals surface area contributed by atoms with Gasteiger partial charge in [0, 0.05) is 44.1 Å². The Kier molecular flexibility index (Phi) is 6.87. The Morgan fingerprint density at radius 3 is 2.77 bits per heavy atom. The van der Waals surface area contributed by atoms with Crippen molar-refractivity contribution in [3.8, 4) is 12.3 Å². The van der Waals surface area contributed by atoms with Crippen LogP contribution in [-0.4, -0.2) is 62.3 Å². The fraction of sp³-hybridized carbons (Fsp3) is 0.611. The normalized spacial score (nSPS) is 26.8. The summed E-state index contributed by atoms with van der Waals surface area (Å²) < 4.78 is 44.8. The smallest absolute Gasteiger partial charge is 0.330 e. The molecule has 1 aromatic rings. The van der Waals surface area contributed by atoms with Crippen LogP contribution in [0.4, 0.5) is 3.89 Å². The number of piperidine rings is 1. The Morgan fingerprint density at radius 2 is 2.10 bits per heavy atom. The van der Waals surface area contributed by atoms with E-state index in [9.17, 15) is 22.5 Å². The van der Waals surface area contributed by atoms with Gasteiger partial charge in [-0.3, -0.25) is 19.1 Å². The zero-order chi connectivity index (χ0) is 21.9. The molecule has 0 aliphatic carbocycles. The number of halogens is 1. The summed E-state index contributed by atoms with van der Waals surface area (Å²) in [6, 6.07) is -0.887. The molecule has 1 unspecified atom stereocenters. The molecule has 0 aromatic carbocycles. The molecule has 2 aliphatic rings. The number of aromatic amines is 1. The number of carbonyl (C=O) groups is 1. The van der Waals surface area contributed by atoms with Gasteiger partial charge in [0.25, 0.3) is 15.9 Å². The Hall–Kier alpha value is -2.33. The molecule has 0 spiro atoms. The van der Waals surface area contributed by atoms with Crippen LogP contribution in [0.3, 0.4) is 0 Å². The van der Waals surface area contributed by atoms with E-state index >= 15 is 0 Å². The van der Waals surface area contributed by atoms with Crippen molar-refractivity contribution in [1.29, 1.82) is 0 Å². The SMILES string of the molecule is C#CCOC[C@H]1O[C@@H](n2cc(C)c(=O)[nH]c2=O)C[C@@H]1N=S(=O)(F)N1CCC(=O)CC1. The first kappa shape index (κ1) is 22.4. The van der Waals surface area contributed by atoms with Gasteiger partial charge in [-0.25, -0.2) is 4.79 Å². The van der Waals surface area contributed by atoms with Crippen LogP contribution in [0.15, 0.2) is 20.1 Å². The molecule has 164 valence electrons. The second kappa shape index (κ2) is 9.22. The average Bonchev–Trinajstić information content (AvgIpc) is 3.07. The number of nitrogens with zero attached hydrogens (tertiary/aromatic N) is 3. The minimum absolute atomic E-state index is 0.00576. The van der Waals surface area contributed by atoms with Gasteiger partial charge in [-0.2, -0.15) is 12.9 Å². The van der Waals surface area contributed by atoms with E-state index in [0.29, 0.717) is 5.56 Å². The maximum atomic E-state index is 15.0. The van der Waals surface area contributed by atoms with Crippen LogP contribution in [0, 0.1) is 19.3 Å². The molecule has 3 rings (SSSR count). The van der Waals surface area contributed by atoms with Gasteiger partial charge in [0.05, 0.1) is 12.6 Å². The first-order valence-electron chi connectivity index (χ1n) is 9.42. The number of hydrogen-bond acceptors (Lipinski definition) is 7. The van der Waals surface area contributed by atoms with Crippen LogP contribution in [-0.2, 0) is 24.6 Å². The molecule has 0 radical (unpaired) electrons. The molecule has 4 atom stereocenters. The van der Waals surface area contributed by atoms with Crippen molar-refractivity contribution >= 4 is 16.1 Å². The maximum Gasteiger partial charge on any atom is 0.330 e. The van der Waals surface area contributed by atoms with Crippen LogP contribution >= 0.6 is 0 Å². The van der Waals surface area contributed by atoms with Gasteiger partial charge in [0.15, 0.2) is 0 Å². The highest BCUT2D eigenvalue weighted by atomic mass is 32.3. The molecule has 0 saturated carbocycles. The van der Waals surface area contributed by atoms with Crippen LogP contribution in [0.5, 0.6) is 0 Å². The third kappa shape index (κ3) is 5.04. The van der Waals surface area contributed by atoms with Gasteiger partial charge < -0.3 is 9.47 Å². The number of ketones is 1. The summed E-state index contributed by atoms with van der Waals surface area (Å²) in [4.78, 5) is 37.4. The summed E-state index contributed by atoms with van der Waals surface area (Å²) >= 11 is 0. The van der Waals surface area contributed by atoms with Gasteiger partial charge in [0.2, 0.25) is 0 Å². The molecule has 12 heteroatoms. The van der Waals surface area contributed by atoms with Crippen molar-refractivity contribution in [2.75, 3.05) is 26.3 Å². The maximum absolute atomic E-state index is 15.0. The fourth-order valence-corrected chi connectivity index (χ4v) is 4.70. The zero-order valence-electron chi connectivity index (χ0n) is 16.4. The first-order valence-corrected chi connectivity index (χ1v) is 10.8. The molecule has 1 aromatic heterocycles. The van der Waals surface area contributed by atoms with Crippen LogP contribution in [0.1, 0.15) is 31.1 Å². The number of terminal acetylenes is 1. The van der Waals surface area contributed by atoms with Crippen molar-refractivity contribution in [2.24, 2.45) is 4.36 Å². The predicted molar refractivity (Wildman–Crippen MR) is 106 cm³/mol. The standard InChI is InChI=1S/C18H23FN4O6S/c1-3-8-28-11-15-14(21-30(19,27)22-6-4-13(24)5-7-22)9-16(29-15)23-10-12(2)17(25)20-18(23)26/h1,10,14-16H,4-9,11H2,2H3,(H,20,25,26)/t14-,15+,16+,30?/m0/s1. The van der Waals surface area contributed by atoms with Gasteiger partial charge in [-0.05, 0) is 6.92 Å². The number of rotatable bonds is 6. The summed E-state index contributed by atoms with van der Waals surface area (Å²) in [5, 5.41) is 0. The molecule has 2 saturated heterocycles. The minimum Gasteiger partial charge on any atom is -0.366 e. The number of nitrogens with one attached hydrogen (secondary N) is 1. The van der Waals surface area contributed by atoms with Crippen molar-refractivity contribution in [3.63, 3.8) is 0 Å². The summed E-state index contributed by atoms with van der Waals surface area (Å²) in [7, 11) is -4.25. The van der Waals surface area contributed by atoms with E-state index in [1.807, 2.05) is 0 Å². The highest BCUT2D eigenvalue weighted by molar-refractivity contribution is 7.86. The van der Waals surface area contributed by atoms with Crippen LogP contribution < -0.4 is 11.2 Å². The molecule has 0 amide bonds.